The van der Waals surface area contributed by atoms with Crippen LogP contribution < -0.4 is 15.0 Å². The zero-order valence-electron chi connectivity index (χ0n) is 17.3. The van der Waals surface area contributed by atoms with Gasteiger partial charge in [0, 0.05) is 31.2 Å². The molecule has 1 heterocycles. The maximum absolute atomic E-state index is 12.9. The van der Waals surface area contributed by atoms with Crippen molar-refractivity contribution in [2.24, 2.45) is 0 Å². The highest BCUT2D eigenvalue weighted by atomic mass is 16.5. The van der Waals surface area contributed by atoms with Gasteiger partial charge in [0.05, 0.1) is 12.6 Å². The van der Waals surface area contributed by atoms with E-state index < -0.39 is 0 Å². The fraction of sp³-hybridized carbons (Fsp3) is 0.391. The minimum atomic E-state index is -0.210. The molecule has 0 saturated carbocycles. The first-order chi connectivity index (χ1) is 14.0. The van der Waals surface area contributed by atoms with Gasteiger partial charge in [-0.05, 0) is 50.6 Å². The molecule has 0 radical (unpaired) electrons. The molecule has 1 aliphatic heterocycles. The highest BCUT2D eigenvalue weighted by molar-refractivity contribution is 5.96. The van der Waals surface area contributed by atoms with Gasteiger partial charge in [0.15, 0.2) is 0 Å². The summed E-state index contributed by atoms with van der Waals surface area (Å²) in [5, 5.41) is 3.04. The lowest BCUT2D eigenvalue weighted by molar-refractivity contribution is -0.117. The summed E-state index contributed by atoms with van der Waals surface area (Å²) in [6.07, 6.45) is 0.302. The summed E-state index contributed by atoms with van der Waals surface area (Å²) < 4.78 is 5.46. The van der Waals surface area contributed by atoms with E-state index in [4.69, 9.17) is 4.74 Å². The van der Waals surface area contributed by atoms with Crippen molar-refractivity contribution in [2.45, 2.75) is 45.8 Å². The number of hydrogen-bond donors (Lipinski definition) is 1. The Kier molecular flexibility index (Phi) is 6.75. The summed E-state index contributed by atoms with van der Waals surface area (Å²) in [5.74, 6) is 0.792. The predicted octanol–water partition coefficient (Wildman–Crippen LogP) is 3.81. The van der Waals surface area contributed by atoms with Crippen molar-refractivity contribution in [1.29, 1.82) is 0 Å². The number of hydrogen-bond acceptors (Lipinski definition) is 3. The van der Waals surface area contributed by atoms with Crippen LogP contribution in [0.1, 0.15) is 32.8 Å². The van der Waals surface area contributed by atoms with E-state index >= 15 is 0 Å². The molecule has 154 valence electrons. The second-order valence-electron chi connectivity index (χ2n) is 7.49. The number of carbonyl (C=O) groups excluding carboxylic acids is 2. The maximum atomic E-state index is 12.9. The van der Waals surface area contributed by atoms with E-state index in [2.05, 4.69) is 5.32 Å². The first-order valence-corrected chi connectivity index (χ1v) is 10.1. The zero-order chi connectivity index (χ0) is 20.8. The third-order valence-corrected chi connectivity index (χ3v) is 4.99. The van der Waals surface area contributed by atoms with Gasteiger partial charge >= 0.3 is 6.03 Å². The molecule has 2 aromatic carbocycles. The van der Waals surface area contributed by atoms with E-state index in [1.807, 2.05) is 75.4 Å². The van der Waals surface area contributed by atoms with Gasteiger partial charge in [0.1, 0.15) is 5.75 Å². The minimum absolute atomic E-state index is 0.0126. The number of nitrogens with zero attached hydrogens (tertiary/aromatic N) is 2. The van der Waals surface area contributed by atoms with Crippen LogP contribution in [-0.2, 0) is 11.3 Å². The minimum Gasteiger partial charge on any atom is -0.494 e. The topological polar surface area (TPSA) is 61.9 Å². The van der Waals surface area contributed by atoms with Crippen LogP contribution in [0, 0.1) is 0 Å². The van der Waals surface area contributed by atoms with Crippen LogP contribution in [0.3, 0.4) is 0 Å². The molecule has 0 aromatic heterocycles. The summed E-state index contributed by atoms with van der Waals surface area (Å²) in [6, 6.07) is 17.1. The largest absolute Gasteiger partial charge is 0.494 e. The van der Waals surface area contributed by atoms with Crippen molar-refractivity contribution < 1.29 is 14.3 Å². The van der Waals surface area contributed by atoms with E-state index in [0.29, 0.717) is 26.1 Å². The van der Waals surface area contributed by atoms with E-state index in [9.17, 15) is 9.59 Å². The molecule has 6 nitrogen and oxygen atoms in total. The number of urea groups is 1. The highest BCUT2D eigenvalue weighted by Gasteiger charge is 2.32. The molecule has 2 aromatic rings. The summed E-state index contributed by atoms with van der Waals surface area (Å²) in [7, 11) is 0. The Morgan fingerprint density at radius 3 is 2.48 bits per heavy atom. The van der Waals surface area contributed by atoms with Crippen molar-refractivity contribution in [3.8, 4) is 5.75 Å². The third-order valence-electron chi connectivity index (χ3n) is 4.99. The molecule has 1 aliphatic rings. The van der Waals surface area contributed by atoms with E-state index in [0.717, 1.165) is 17.0 Å². The molecule has 3 rings (SSSR count). The number of nitrogens with one attached hydrogen (secondary N) is 1. The number of ether oxygens (including phenoxy) is 1. The monoisotopic (exact) mass is 395 g/mol. The molecular weight excluding hydrogens is 366 g/mol. The molecule has 1 N–H and O–H groups in total. The molecular formula is C23H29N3O3. The molecule has 6 heteroatoms. The molecule has 1 atom stereocenters. The van der Waals surface area contributed by atoms with Crippen LogP contribution in [0.25, 0.3) is 0 Å². The van der Waals surface area contributed by atoms with Crippen LogP contribution in [0.15, 0.2) is 54.6 Å². The Morgan fingerprint density at radius 1 is 1.17 bits per heavy atom. The summed E-state index contributed by atoms with van der Waals surface area (Å²) in [6.45, 7) is 7.53. The predicted molar refractivity (Wildman–Crippen MR) is 114 cm³/mol. The maximum Gasteiger partial charge on any atom is 0.318 e. The van der Waals surface area contributed by atoms with Crippen LogP contribution >= 0.6 is 0 Å². The molecule has 0 spiro atoms. The average molecular weight is 396 g/mol. The SMILES string of the molecule is CCOc1ccc(N2C[C@@H](NC(=O)N(Cc3ccccc3)C(C)C)CC2=O)cc1. The third kappa shape index (κ3) is 5.28. The fourth-order valence-corrected chi connectivity index (χ4v) is 3.47. The van der Waals surface area contributed by atoms with Gasteiger partial charge in [0.25, 0.3) is 0 Å². The van der Waals surface area contributed by atoms with Gasteiger partial charge in [-0.1, -0.05) is 30.3 Å². The average Bonchev–Trinajstić information content (AvgIpc) is 3.07. The van der Waals surface area contributed by atoms with Crippen LogP contribution in [0.4, 0.5) is 10.5 Å². The van der Waals surface area contributed by atoms with Crippen LogP contribution in [-0.4, -0.2) is 42.1 Å². The van der Waals surface area contributed by atoms with E-state index in [1.165, 1.54) is 0 Å². The van der Waals surface area contributed by atoms with Crippen molar-refractivity contribution in [3.05, 3.63) is 60.2 Å². The lowest BCUT2D eigenvalue weighted by atomic mass is 10.2. The first-order valence-electron chi connectivity index (χ1n) is 10.1. The molecule has 0 unspecified atom stereocenters. The Labute approximate surface area is 172 Å². The van der Waals surface area contributed by atoms with Crippen molar-refractivity contribution in [2.75, 3.05) is 18.1 Å². The van der Waals surface area contributed by atoms with Crippen LogP contribution in [0.5, 0.6) is 5.75 Å². The van der Waals surface area contributed by atoms with Gasteiger partial charge in [0.2, 0.25) is 5.91 Å². The number of rotatable bonds is 7. The lowest BCUT2D eigenvalue weighted by Crippen LogP contribution is -2.48. The zero-order valence-corrected chi connectivity index (χ0v) is 17.3. The molecule has 0 bridgehead atoms. The van der Waals surface area contributed by atoms with E-state index in [-0.39, 0.29) is 24.0 Å². The standard InChI is InChI=1S/C23H29N3O3/c1-4-29-21-12-10-20(11-13-21)26-16-19(14-22(26)27)24-23(28)25(17(2)3)15-18-8-6-5-7-9-18/h5-13,17,19H,4,14-16H2,1-3H3,(H,24,28)/t19-/m0/s1. The second kappa shape index (κ2) is 9.45. The van der Waals surface area contributed by atoms with Crippen molar-refractivity contribution >= 4 is 17.6 Å². The summed E-state index contributed by atoms with van der Waals surface area (Å²) in [4.78, 5) is 28.9. The lowest BCUT2D eigenvalue weighted by Gasteiger charge is -2.28. The molecule has 0 aliphatic carbocycles. The Hall–Kier alpha value is -3.02. The molecule has 3 amide bonds. The van der Waals surface area contributed by atoms with E-state index in [1.54, 1.807) is 9.80 Å². The second-order valence-corrected chi connectivity index (χ2v) is 7.49. The summed E-state index contributed by atoms with van der Waals surface area (Å²) in [5.41, 5.74) is 1.90. The molecule has 1 saturated heterocycles. The molecule has 29 heavy (non-hydrogen) atoms. The van der Waals surface area contributed by atoms with Gasteiger partial charge in [-0.25, -0.2) is 4.79 Å². The Bertz CT molecular complexity index is 821. The van der Waals surface area contributed by atoms with Crippen molar-refractivity contribution in [1.82, 2.24) is 10.2 Å². The smallest absolute Gasteiger partial charge is 0.318 e. The fourth-order valence-electron chi connectivity index (χ4n) is 3.47. The summed E-state index contributed by atoms with van der Waals surface area (Å²) >= 11 is 0. The number of benzene rings is 2. The van der Waals surface area contributed by atoms with Crippen LogP contribution in [0.2, 0.25) is 0 Å². The number of carbonyl (C=O) groups is 2. The van der Waals surface area contributed by atoms with Gasteiger partial charge in [-0.3, -0.25) is 4.79 Å². The first kappa shape index (κ1) is 20.7. The van der Waals surface area contributed by atoms with Crippen molar-refractivity contribution in [3.63, 3.8) is 0 Å². The van der Waals surface area contributed by atoms with Gasteiger partial charge in [-0.2, -0.15) is 0 Å². The molecule has 1 fully saturated rings. The quantitative estimate of drug-likeness (QED) is 0.775. The Morgan fingerprint density at radius 2 is 1.86 bits per heavy atom. The number of anilines is 1. The van der Waals surface area contributed by atoms with Gasteiger partial charge in [-0.15, -0.1) is 0 Å². The normalized spacial score (nSPS) is 16.2. The Balaban J connectivity index is 1.62. The number of amides is 3. The van der Waals surface area contributed by atoms with Gasteiger partial charge < -0.3 is 19.9 Å². The highest BCUT2D eigenvalue weighted by Crippen LogP contribution is 2.24.